The quantitative estimate of drug-likeness (QED) is 0.469. The molecule has 3 heterocycles. The van der Waals surface area contributed by atoms with Crippen molar-refractivity contribution in [3.05, 3.63) is 83.6 Å². The number of fused-ring (bicyclic) bond motifs is 1. The van der Waals surface area contributed by atoms with E-state index in [4.69, 9.17) is 0 Å². The molecule has 0 saturated carbocycles. The molecule has 2 aromatic carbocycles. The van der Waals surface area contributed by atoms with Crippen LogP contribution in [0.2, 0.25) is 0 Å². The lowest BCUT2D eigenvalue weighted by atomic mass is 9.95. The van der Waals surface area contributed by atoms with Crippen LogP contribution in [0.1, 0.15) is 36.0 Å². The number of carboxylic acid groups (broad SMARTS) is 1. The molecule has 1 amide bonds. The minimum atomic E-state index is -0.981. The Morgan fingerprint density at radius 1 is 1.08 bits per heavy atom. The monoisotopic (exact) mass is 498 g/mol. The van der Waals surface area contributed by atoms with Gasteiger partial charge in [-0.05, 0) is 79.1 Å². The van der Waals surface area contributed by atoms with Gasteiger partial charge < -0.3 is 15.3 Å². The van der Waals surface area contributed by atoms with Crippen LogP contribution in [0.3, 0.4) is 0 Å². The van der Waals surface area contributed by atoms with Gasteiger partial charge in [-0.2, -0.15) is 0 Å². The lowest BCUT2D eigenvalue weighted by Gasteiger charge is -2.35. The van der Waals surface area contributed by atoms with Gasteiger partial charge in [-0.15, -0.1) is 0 Å². The lowest BCUT2D eigenvalue weighted by Crippen LogP contribution is -2.48. The van der Waals surface area contributed by atoms with Gasteiger partial charge in [0.1, 0.15) is 11.9 Å². The van der Waals surface area contributed by atoms with Gasteiger partial charge in [0.2, 0.25) is 5.91 Å². The number of pyridine rings is 1. The minimum absolute atomic E-state index is 0.127. The molecular formula is C30H34N4O3. The van der Waals surface area contributed by atoms with Crippen molar-refractivity contribution in [1.82, 2.24) is 4.98 Å². The molecule has 5 rings (SSSR count). The summed E-state index contributed by atoms with van der Waals surface area (Å²) in [7, 11) is 0. The number of benzene rings is 2. The van der Waals surface area contributed by atoms with Crippen LogP contribution in [0.25, 0.3) is 0 Å². The van der Waals surface area contributed by atoms with E-state index in [1.165, 1.54) is 10.5 Å². The first-order valence-corrected chi connectivity index (χ1v) is 13.1. The highest BCUT2D eigenvalue weighted by Gasteiger charge is 2.34. The fourth-order valence-electron chi connectivity index (χ4n) is 5.43. The summed E-state index contributed by atoms with van der Waals surface area (Å²) in [5.74, 6) is 0.440. The predicted molar refractivity (Wildman–Crippen MR) is 146 cm³/mol. The van der Waals surface area contributed by atoms with Crippen LogP contribution in [-0.4, -0.2) is 47.6 Å². The summed E-state index contributed by atoms with van der Waals surface area (Å²) in [6, 6.07) is 18.9. The molecule has 1 aromatic heterocycles. The Balaban J connectivity index is 1.19. The molecule has 7 heteroatoms. The third-order valence-corrected chi connectivity index (χ3v) is 7.56. The van der Waals surface area contributed by atoms with E-state index in [0.717, 1.165) is 60.8 Å². The standard InChI is InChI=1S/C30H34N4O3/c1-21-12-15-31-28(18-21)32-20-23-13-16-33(17-14-23)25-9-6-22(7-10-25)19-27(30(36)37)34-26-5-3-2-4-24(26)8-11-29(34)35/h2-7,9-10,12,15,18,23,27H,8,11,13-14,16-17,19-20H2,1H3,(H,31,32)(H,36,37). The number of nitrogens with zero attached hydrogens (tertiary/aromatic N) is 3. The van der Waals surface area contributed by atoms with E-state index in [1.807, 2.05) is 48.7 Å². The van der Waals surface area contributed by atoms with E-state index in [2.05, 4.69) is 40.3 Å². The first-order valence-electron chi connectivity index (χ1n) is 13.1. The second-order valence-corrected chi connectivity index (χ2v) is 10.1. The number of carboxylic acids is 1. The van der Waals surface area contributed by atoms with Crippen LogP contribution < -0.4 is 15.1 Å². The number of hydrogen-bond donors (Lipinski definition) is 2. The molecule has 1 fully saturated rings. The van der Waals surface area contributed by atoms with Gasteiger partial charge in [0.15, 0.2) is 0 Å². The number of rotatable bonds is 8. The van der Waals surface area contributed by atoms with E-state index in [0.29, 0.717) is 18.8 Å². The Labute approximate surface area is 218 Å². The molecule has 1 saturated heterocycles. The summed E-state index contributed by atoms with van der Waals surface area (Å²) in [6.07, 6.45) is 5.33. The zero-order chi connectivity index (χ0) is 25.8. The molecule has 1 atom stereocenters. The number of carbonyl (C=O) groups is 2. The Morgan fingerprint density at radius 2 is 1.84 bits per heavy atom. The van der Waals surface area contributed by atoms with Gasteiger partial charge in [0, 0.05) is 50.0 Å². The molecule has 7 nitrogen and oxygen atoms in total. The average Bonchev–Trinajstić information content (AvgIpc) is 2.91. The number of carbonyl (C=O) groups excluding carboxylic acids is 1. The summed E-state index contributed by atoms with van der Waals surface area (Å²) >= 11 is 0. The van der Waals surface area contributed by atoms with Crippen LogP contribution in [-0.2, 0) is 22.4 Å². The molecule has 37 heavy (non-hydrogen) atoms. The van der Waals surface area contributed by atoms with E-state index in [9.17, 15) is 14.7 Å². The largest absolute Gasteiger partial charge is 0.480 e. The number of hydrogen-bond acceptors (Lipinski definition) is 5. The number of aliphatic carboxylic acids is 1. The predicted octanol–water partition coefficient (Wildman–Crippen LogP) is 4.69. The molecule has 0 aliphatic carbocycles. The number of aromatic nitrogens is 1. The highest BCUT2D eigenvalue weighted by atomic mass is 16.4. The van der Waals surface area contributed by atoms with Gasteiger partial charge in [0.25, 0.3) is 0 Å². The maximum Gasteiger partial charge on any atom is 0.327 e. The third kappa shape index (κ3) is 5.77. The molecule has 2 aliphatic rings. The Bertz CT molecular complexity index is 1250. The van der Waals surface area contributed by atoms with Crippen molar-refractivity contribution in [2.24, 2.45) is 5.92 Å². The second kappa shape index (κ2) is 11.0. The van der Waals surface area contributed by atoms with Crippen molar-refractivity contribution in [2.75, 3.05) is 34.8 Å². The molecule has 0 radical (unpaired) electrons. The molecule has 0 spiro atoms. The Kier molecular flexibility index (Phi) is 7.40. The van der Waals surface area contributed by atoms with Crippen molar-refractivity contribution in [3.63, 3.8) is 0 Å². The number of anilines is 3. The molecule has 192 valence electrons. The van der Waals surface area contributed by atoms with Gasteiger partial charge in [0.05, 0.1) is 0 Å². The van der Waals surface area contributed by atoms with Crippen LogP contribution in [0.4, 0.5) is 17.2 Å². The lowest BCUT2D eigenvalue weighted by molar-refractivity contribution is -0.140. The van der Waals surface area contributed by atoms with E-state index >= 15 is 0 Å². The number of piperidine rings is 1. The smallest absolute Gasteiger partial charge is 0.327 e. The van der Waals surface area contributed by atoms with E-state index in [1.54, 1.807) is 0 Å². The maximum atomic E-state index is 12.8. The number of nitrogens with one attached hydrogen (secondary N) is 1. The fraction of sp³-hybridized carbons (Fsp3) is 0.367. The normalized spacial score (nSPS) is 16.8. The molecule has 2 N–H and O–H groups in total. The fourth-order valence-corrected chi connectivity index (χ4v) is 5.43. The number of amides is 1. The summed E-state index contributed by atoms with van der Waals surface area (Å²) < 4.78 is 0. The van der Waals surface area contributed by atoms with E-state index in [-0.39, 0.29) is 12.3 Å². The minimum Gasteiger partial charge on any atom is -0.480 e. The first kappa shape index (κ1) is 24.8. The zero-order valence-electron chi connectivity index (χ0n) is 21.3. The van der Waals surface area contributed by atoms with E-state index < -0.39 is 12.0 Å². The van der Waals surface area contributed by atoms with Crippen LogP contribution >= 0.6 is 0 Å². The average molecular weight is 499 g/mol. The first-order chi connectivity index (χ1) is 18.0. The summed E-state index contributed by atoms with van der Waals surface area (Å²) in [5.41, 5.74) is 5.02. The van der Waals surface area contributed by atoms with Crippen molar-refractivity contribution < 1.29 is 14.7 Å². The molecule has 3 aromatic rings. The van der Waals surface area contributed by atoms with Crippen molar-refractivity contribution in [2.45, 2.75) is 45.1 Å². The Hall–Kier alpha value is -3.87. The second-order valence-electron chi connectivity index (χ2n) is 10.1. The Morgan fingerprint density at radius 3 is 2.57 bits per heavy atom. The topological polar surface area (TPSA) is 85.8 Å². The SMILES string of the molecule is Cc1ccnc(NCC2CCN(c3ccc(CC(C(=O)O)N4C(=O)CCc5ccccc54)cc3)CC2)c1. The maximum absolute atomic E-state index is 12.8. The summed E-state index contributed by atoms with van der Waals surface area (Å²) in [6.45, 7) is 4.98. The molecule has 0 bridgehead atoms. The molecule has 2 aliphatic heterocycles. The summed E-state index contributed by atoms with van der Waals surface area (Å²) in [4.78, 5) is 33.3. The molecule has 1 unspecified atom stereocenters. The number of aryl methyl sites for hydroxylation is 2. The summed E-state index contributed by atoms with van der Waals surface area (Å²) in [5, 5.41) is 13.5. The van der Waals surface area contributed by atoms with Crippen LogP contribution in [0, 0.1) is 12.8 Å². The zero-order valence-corrected chi connectivity index (χ0v) is 21.3. The van der Waals surface area contributed by atoms with Gasteiger partial charge in [-0.3, -0.25) is 9.69 Å². The number of para-hydroxylation sites is 1. The van der Waals surface area contributed by atoms with Gasteiger partial charge in [-0.25, -0.2) is 9.78 Å². The van der Waals surface area contributed by atoms with Crippen LogP contribution in [0.5, 0.6) is 0 Å². The van der Waals surface area contributed by atoms with Gasteiger partial charge >= 0.3 is 5.97 Å². The van der Waals surface area contributed by atoms with Crippen molar-refractivity contribution in [1.29, 1.82) is 0 Å². The highest BCUT2D eigenvalue weighted by molar-refractivity contribution is 6.01. The van der Waals surface area contributed by atoms with Crippen molar-refractivity contribution in [3.8, 4) is 0 Å². The van der Waals surface area contributed by atoms with Crippen molar-refractivity contribution >= 4 is 29.1 Å². The van der Waals surface area contributed by atoms with Crippen LogP contribution in [0.15, 0.2) is 66.9 Å². The molecular weight excluding hydrogens is 464 g/mol. The highest BCUT2D eigenvalue weighted by Crippen LogP contribution is 2.31. The van der Waals surface area contributed by atoms with Gasteiger partial charge in [-0.1, -0.05) is 30.3 Å². The third-order valence-electron chi connectivity index (χ3n) is 7.56.